The normalized spacial score (nSPS) is 11.4. The zero-order valence-electron chi connectivity index (χ0n) is 10.1. The fourth-order valence-electron chi connectivity index (χ4n) is 1.65. The number of halogens is 2. The van der Waals surface area contributed by atoms with Gasteiger partial charge in [-0.25, -0.2) is 15.2 Å². The Kier molecular flexibility index (Phi) is 4.49. The fourth-order valence-corrected chi connectivity index (χ4v) is 1.88. The van der Waals surface area contributed by atoms with E-state index >= 15 is 0 Å². The van der Waals surface area contributed by atoms with Crippen molar-refractivity contribution in [2.75, 3.05) is 0 Å². The lowest BCUT2D eigenvalue weighted by atomic mass is 10.1. The smallest absolute Gasteiger partial charge is 0.128 e. The number of amidine groups is 1. The van der Waals surface area contributed by atoms with Crippen LogP contribution in [0.15, 0.2) is 53.5 Å². The number of nitrogens with zero attached hydrogens (tertiary/aromatic N) is 1. The van der Waals surface area contributed by atoms with Gasteiger partial charge in [0.2, 0.25) is 0 Å². The molecule has 0 aliphatic carbocycles. The minimum atomic E-state index is -0.372. The van der Waals surface area contributed by atoms with E-state index in [1.165, 1.54) is 6.07 Å². The second-order valence-electron chi connectivity index (χ2n) is 3.92. The van der Waals surface area contributed by atoms with E-state index < -0.39 is 0 Å². The van der Waals surface area contributed by atoms with Crippen LogP contribution in [-0.2, 0) is 6.42 Å². The van der Waals surface area contributed by atoms with Crippen LogP contribution in [-0.4, -0.2) is 5.84 Å². The van der Waals surface area contributed by atoms with Crippen molar-refractivity contribution in [2.45, 2.75) is 6.42 Å². The van der Waals surface area contributed by atoms with Gasteiger partial charge in [-0.15, -0.1) is 0 Å². The molecule has 0 aliphatic rings. The fraction of sp³-hybridized carbons (Fsp3) is 0.0714. The van der Waals surface area contributed by atoms with Crippen molar-refractivity contribution >= 4 is 23.1 Å². The lowest BCUT2D eigenvalue weighted by Crippen LogP contribution is -2.32. The SMILES string of the molecule is NNC(Cc1c(F)cccc1Cl)=Nc1ccccc1. The van der Waals surface area contributed by atoms with Gasteiger partial charge in [-0.1, -0.05) is 35.9 Å². The largest absolute Gasteiger partial charge is 0.312 e. The number of para-hydroxylation sites is 1. The Hall–Kier alpha value is -1.91. The van der Waals surface area contributed by atoms with Crippen LogP contribution in [0.4, 0.5) is 10.1 Å². The van der Waals surface area contributed by atoms with Gasteiger partial charge in [-0.3, -0.25) is 0 Å². The van der Waals surface area contributed by atoms with Crippen LogP contribution in [0.5, 0.6) is 0 Å². The van der Waals surface area contributed by atoms with Gasteiger partial charge in [0.1, 0.15) is 11.7 Å². The maximum atomic E-state index is 13.7. The molecule has 19 heavy (non-hydrogen) atoms. The molecule has 0 bridgehead atoms. The molecular weight excluding hydrogens is 265 g/mol. The average Bonchev–Trinajstić information content (AvgIpc) is 2.43. The molecule has 5 heteroatoms. The van der Waals surface area contributed by atoms with Crippen molar-refractivity contribution in [3.05, 3.63) is 64.9 Å². The van der Waals surface area contributed by atoms with Crippen LogP contribution in [0.3, 0.4) is 0 Å². The van der Waals surface area contributed by atoms with E-state index in [0.29, 0.717) is 16.4 Å². The summed E-state index contributed by atoms with van der Waals surface area (Å²) in [5, 5.41) is 0.357. The Labute approximate surface area is 115 Å². The van der Waals surface area contributed by atoms with Crippen LogP contribution in [0.1, 0.15) is 5.56 Å². The summed E-state index contributed by atoms with van der Waals surface area (Å²) in [5.74, 6) is 5.49. The van der Waals surface area contributed by atoms with Gasteiger partial charge in [-0.05, 0) is 24.3 Å². The minimum absolute atomic E-state index is 0.205. The van der Waals surface area contributed by atoms with Crippen molar-refractivity contribution in [1.29, 1.82) is 0 Å². The highest BCUT2D eigenvalue weighted by Crippen LogP contribution is 2.20. The van der Waals surface area contributed by atoms with Gasteiger partial charge in [0.05, 0.1) is 5.69 Å². The summed E-state index contributed by atoms with van der Waals surface area (Å²) in [5.41, 5.74) is 3.59. The molecule has 0 heterocycles. The van der Waals surface area contributed by atoms with Crippen LogP contribution in [0.25, 0.3) is 0 Å². The molecule has 0 saturated carbocycles. The van der Waals surface area contributed by atoms with E-state index in [2.05, 4.69) is 10.4 Å². The molecule has 0 amide bonds. The predicted octanol–water partition coefficient (Wildman–Crippen LogP) is 3.22. The molecule has 0 atom stereocenters. The third-order valence-corrected chi connectivity index (χ3v) is 2.95. The highest BCUT2D eigenvalue weighted by Gasteiger charge is 2.09. The molecule has 0 spiro atoms. The molecule has 0 fully saturated rings. The topological polar surface area (TPSA) is 50.4 Å². The molecule has 98 valence electrons. The van der Waals surface area contributed by atoms with Crippen LogP contribution in [0.2, 0.25) is 5.02 Å². The second kappa shape index (κ2) is 6.31. The lowest BCUT2D eigenvalue weighted by molar-refractivity contribution is 0.615. The van der Waals surface area contributed by atoms with Gasteiger partial charge in [0.15, 0.2) is 0 Å². The number of benzene rings is 2. The monoisotopic (exact) mass is 277 g/mol. The Balaban J connectivity index is 2.27. The van der Waals surface area contributed by atoms with Gasteiger partial charge in [0, 0.05) is 17.0 Å². The molecule has 2 aromatic carbocycles. The first kappa shape index (κ1) is 13.5. The Bertz CT molecular complexity index is 564. The molecule has 2 rings (SSSR count). The standard InChI is InChI=1S/C14H13ClFN3/c15-12-7-4-8-13(16)11(12)9-14(19-17)18-10-5-2-1-3-6-10/h1-8H,9,17H2,(H,18,19). The summed E-state index contributed by atoms with van der Waals surface area (Å²) in [6.07, 6.45) is 0.205. The first-order valence-corrected chi connectivity index (χ1v) is 6.10. The molecule has 0 aliphatic heterocycles. The van der Waals surface area contributed by atoms with Gasteiger partial charge >= 0.3 is 0 Å². The molecular formula is C14H13ClFN3. The van der Waals surface area contributed by atoms with E-state index in [4.69, 9.17) is 17.4 Å². The Morgan fingerprint density at radius 3 is 2.53 bits per heavy atom. The van der Waals surface area contributed by atoms with Crippen LogP contribution >= 0.6 is 11.6 Å². The number of aliphatic imine (C=N–C) groups is 1. The summed E-state index contributed by atoms with van der Waals surface area (Å²) in [6.45, 7) is 0. The van der Waals surface area contributed by atoms with E-state index in [-0.39, 0.29) is 12.2 Å². The Morgan fingerprint density at radius 2 is 1.89 bits per heavy atom. The molecule has 0 unspecified atom stereocenters. The van der Waals surface area contributed by atoms with Crippen molar-refractivity contribution in [3.8, 4) is 0 Å². The Morgan fingerprint density at radius 1 is 1.16 bits per heavy atom. The van der Waals surface area contributed by atoms with E-state index in [9.17, 15) is 4.39 Å². The zero-order valence-corrected chi connectivity index (χ0v) is 10.9. The number of hydrazine groups is 1. The van der Waals surface area contributed by atoms with Crippen molar-refractivity contribution in [2.24, 2.45) is 10.8 Å². The number of rotatable bonds is 3. The van der Waals surface area contributed by atoms with Crippen molar-refractivity contribution in [1.82, 2.24) is 5.43 Å². The first-order chi connectivity index (χ1) is 9.20. The molecule has 0 aromatic heterocycles. The molecule has 0 radical (unpaired) electrons. The summed E-state index contributed by atoms with van der Waals surface area (Å²) >= 11 is 5.97. The summed E-state index contributed by atoms with van der Waals surface area (Å²) < 4.78 is 13.7. The molecule has 3 nitrogen and oxygen atoms in total. The van der Waals surface area contributed by atoms with E-state index in [1.54, 1.807) is 12.1 Å². The zero-order chi connectivity index (χ0) is 13.7. The van der Waals surface area contributed by atoms with Crippen LogP contribution < -0.4 is 11.3 Å². The van der Waals surface area contributed by atoms with E-state index in [0.717, 1.165) is 5.69 Å². The minimum Gasteiger partial charge on any atom is -0.312 e. The molecule has 3 N–H and O–H groups in total. The summed E-state index contributed by atoms with van der Waals surface area (Å²) in [4.78, 5) is 4.31. The highest BCUT2D eigenvalue weighted by molar-refractivity contribution is 6.31. The maximum Gasteiger partial charge on any atom is 0.128 e. The maximum absolute atomic E-state index is 13.7. The van der Waals surface area contributed by atoms with Crippen LogP contribution in [0, 0.1) is 5.82 Å². The lowest BCUT2D eigenvalue weighted by Gasteiger charge is -2.08. The van der Waals surface area contributed by atoms with Gasteiger partial charge < -0.3 is 5.43 Å². The third-order valence-electron chi connectivity index (χ3n) is 2.59. The molecule has 0 saturated heterocycles. The summed E-state index contributed by atoms with van der Waals surface area (Å²) in [7, 11) is 0. The average molecular weight is 278 g/mol. The second-order valence-corrected chi connectivity index (χ2v) is 4.32. The number of nitrogens with one attached hydrogen (secondary N) is 1. The first-order valence-electron chi connectivity index (χ1n) is 5.73. The van der Waals surface area contributed by atoms with Crippen molar-refractivity contribution in [3.63, 3.8) is 0 Å². The van der Waals surface area contributed by atoms with Crippen molar-refractivity contribution < 1.29 is 4.39 Å². The summed E-state index contributed by atoms with van der Waals surface area (Å²) in [6, 6.07) is 13.8. The predicted molar refractivity (Wildman–Crippen MR) is 76.0 cm³/mol. The van der Waals surface area contributed by atoms with E-state index in [1.807, 2.05) is 30.3 Å². The highest BCUT2D eigenvalue weighted by atomic mass is 35.5. The van der Waals surface area contributed by atoms with Gasteiger partial charge in [0.25, 0.3) is 0 Å². The number of hydrogen-bond donors (Lipinski definition) is 2. The molecule has 2 aromatic rings. The third kappa shape index (κ3) is 3.53. The number of nitrogens with two attached hydrogens (primary N) is 1. The van der Waals surface area contributed by atoms with Gasteiger partial charge in [-0.2, -0.15) is 0 Å². The number of hydrogen-bond acceptors (Lipinski definition) is 2. The quantitative estimate of drug-likeness (QED) is 0.392.